The molecule has 18 heavy (non-hydrogen) atoms. The van der Waals surface area contributed by atoms with Crippen LogP contribution < -0.4 is 4.74 Å². The fourth-order valence-electron chi connectivity index (χ4n) is 1.52. The van der Waals surface area contributed by atoms with Crippen LogP contribution in [0.2, 0.25) is 0 Å². The maximum atomic E-state index is 10.5. The van der Waals surface area contributed by atoms with Gasteiger partial charge in [0.05, 0.1) is 5.71 Å². The van der Waals surface area contributed by atoms with Gasteiger partial charge in [0.1, 0.15) is 18.6 Å². The molecule has 0 aliphatic heterocycles. The summed E-state index contributed by atoms with van der Waals surface area (Å²) in [5, 5.41) is 7.88. The molecular formula is C15H13NO2. The molecule has 0 amide bonds. The lowest BCUT2D eigenvalue weighted by Crippen LogP contribution is -2.11. The second-order valence-corrected chi connectivity index (χ2v) is 3.82. The van der Waals surface area contributed by atoms with E-state index in [0.29, 0.717) is 17.0 Å². The van der Waals surface area contributed by atoms with Crippen LogP contribution in [0, 0.1) is 5.41 Å². The van der Waals surface area contributed by atoms with E-state index in [9.17, 15) is 4.79 Å². The van der Waals surface area contributed by atoms with Crippen LogP contribution in [-0.4, -0.2) is 18.6 Å². The summed E-state index contributed by atoms with van der Waals surface area (Å²) < 4.78 is 5.48. The third-order valence-electron chi connectivity index (χ3n) is 2.52. The third-order valence-corrected chi connectivity index (χ3v) is 2.52. The van der Waals surface area contributed by atoms with Crippen molar-refractivity contribution >= 4 is 12.0 Å². The van der Waals surface area contributed by atoms with E-state index in [-0.39, 0.29) is 6.61 Å². The van der Waals surface area contributed by atoms with Gasteiger partial charge in [0.25, 0.3) is 0 Å². The van der Waals surface area contributed by atoms with Gasteiger partial charge in [0, 0.05) is 5.56 Å². The van der Waals surface area contributed by atoms with Crippen molar-refractivity contribution in [3.05, 3.63) is 65.7 Å². The lowest BCUT2D eigenvalue weighted by atomic mass is 10.1. The molecule has 3 nitrogen and oxygen atoms in total. The summed E-state index contributed by atoms with van der Waals surface area (Å²) in [4.78, 5) is 10.5. The molecule has 2 aromatic carbocycles. The average molecular weight is 239 g/mol. The predicted molar refractivity (Wildman–Crippen MR) is 70.6 cm³/mol. The lowest BCUT2D eigenvalue weighted by molar-refractivity contribution is 0.112. The average Bonchev–Trinajstić information content (AvgIpc) is 2.46. The molecular weight excluding hydrogens is 226 g/mol. The summed E-state index contributed by atoms with van der Waals surface area (Å²) in [6.07, 6.45) is 0.787. The molecule has 2 aromatic rings. The van der Waals surface area contributed by atoms with Gasteiger partial charge in [-0.1, -0.05) is 30.3 Å². The summed E-state index contributed by atoms with van der Waals surface area (Å²) in [7, 11) is 0. The van der Waals surface area contributed by atoms with Gasteiger partial charge < -0.3 is 10.1 Å². The summed E-state index contributed by atoms with van der Waals surface area (Å²) in [5.41, 5.74) is 1.89. The molecule has 0 radical (unpaired) electrons. The van der Waals surface area contributed by atoms with Crippen molar-refractivity contribution in [1.82, 2.24) is 0 Å². The molecule has 0 aliphatic carbocycles. The third kappa shape index (κ3) is 3.04. The highest BCUT2D eigenvalue weighted by molar-refractivity contribution is 5.99. The molecule has 90 valence electrons. The minimum absolute atomic E-state index is 0.213. The van der Waals surface area contributed by atoms with E-state index < -0.39 is 0 Å². The van der Waals surface area contributed by atoms with Gasteiger partial charge in [-0.3, -0.25) is 4.79 Å². The Bertz CT molecular complexity index is 532. The van der Waals surface area contributed by atoms with Crippen LogP contribution in [-0.2, 0) is 0 Å². The van der Waals surface area contributed by atoms with Crippen molar-refractivity contribution in [1.29, 1.82) is 5.41 Å². The van der Waals surface area contributed by atoms with Crippen LogP contribution in [0.4, 0.5) is 0 Å². The Morgan fingerprint density at radius 1 is 1.06 bits per heavy atom. The molecule has 0 spiro atoms. The maximum Gasteiger partial charge on any atom is 0.150 e. The highest BCUT2D eigenvalue weighted by Crippen LogP contribution is 2.11. The van der Waals surface area contributed by atoms with Crippen LogP contribution in [0.5, 0.6) is 5.75 Å². The molecule has 0 saturated carbocycles. The van der Waals surface area contributed by atoms with Gasteiger partial charge in [-0.15, -0.1) is 0 Å². The van der Waals surface area contributed by atoms with Crippen molar-refractivity contribution in [2.24, 2.45) is 0 Å². The van der Waals surface area contributed by atoms with E-state index in [1.807, 2.05) is 30.3 Å². The summed E-state index contributed by atoms with van der Waals surface area (Å²) in [6, 6.07) is 16.3. The molecule has 0 unspecified atom stereocenters. The zero-order valence-corrected chi connectivity index (χ0v) is 9.80. The molecule has 3 heteroatoms. The summed E-state index contributed by atoms with van der Waals surface area (Å²) in [5.74, 6) is 0.654. The van der Waals surface area contributed by atoms with E-state index >= 15 is 0 Å². The van der Waals surface area contributed by atoms with Crippen LogP contribution in [0.3, 0.4) is 0 Å². The second kappa shape index (κ2) is 5.77. The highest BCUT2D eigenvalue weighted by atomic mass is 16.5. The van der Waals surface area contributed by atoms with E-state index in [1.54, 1.807) is 24.3 Å². The van der Waals surface area contributed by atoms with Crippen molar-refractivity contribution in [2.45, 2.75) is 0 Å². The first-order valence-electron chi connectivity index (χ1n) is 5.60. The minimum atomic E-state index is 0.213. The van der Waals surface area contributed by atoms with Gasteiger partial charge in [-0.2, -0.15) is 0 Å². The summed E-state index contributed by atoms with van der Waals surface area (Å²) >= 11 is 0. The number of ether oxygens (including phenoxy) is 1. The van der Waals surface area contributed by atoms with Gasteiger partial charge in [-0.25, -0.2) is 0 Å². The Labute approximate surface area is 106 Å². The van der Waals surface area contributed by atoms with Crippen molar-refractivity contribution in [3.63, 3.8) is 0 Å². The van der Waals surface area contributed by atoms with Crippen LogP contribution in [0.25, 0.3) is 0 Å². The smallest absolute Gasteiger partial charge is 0.150 e. The fraction of sp³-hybridized carbons (Fsp3) is 0.0667. The number of benzene rings is 2. The van der Waals surface area contributed by atoms with Gasteiger partial charge in [0.2, 0.25) is 0 Å². The zero-order valence-electron chi connectivity index (χ0n) is 9.80. The molecule has 2 rings (SSSR count). The highest BCUT2D eigenvalue weighted by Gasteiger charge is 2.01. The molecule has 0 aliphatic rings. The first-order chi connectivity index (χ1) is 8.79. The largest absolute Gasteiger partial charge is 0.487 e. The Balaban J connectivity index is 1.95. The first kappa shape index (κ1) is 12.0. The molecule has 0 bridgehead atoms. The van der Waals surface area contributed by atoms with Crippen molar-refractivity contribution in [2.75, 3.05) is 6.61 Å². The Morgan fingerprint density at radius 2 is 1.72 bits per heavy atom. The number of carbonyl (C=O) groups excluding carboxylic acids is 1. The van der Waals surface area contributed by atoms with E-state index in [0.717, 1.165) is 11.8 Å². The summed E-state index contributed by atoms with van der Waals surface area (Å²) in [6.45, 7) is 0.213. The number of hydrogen-bond donors (Lipinski definition) is 1. The van der Waals surface area contributed by atoms with Crippen molar-refractivity contribution in [3.8, 4) is 5.75 Å². The maximum absolute atomic E-state index is 10.5. The monoisotopic (exact) mass is 239 g/mol. The number of carbonyl (C=O) groups is 1. The topological polar surface area (TPSA) is 50.1 Å². The van der Waals surface area contributed by atoms with Gasteiger partial charge in [-0.05, 0) is 29.8 Å². The number of rotatable bonds is 5. The predicted octanol–water partition coefficient (Wildman–Crippen LogP) is 2.95. The molecule has 1 N–H and O–H groups in total. The zero-order chi connectivity index (χ0) is 12.8. The second-order valence-electron chi connectivity index (χ2n) is 3.82. The first-order valence-corrected chi connectivity index (χ1v) is 5.60. The standard InChI is InChI=1S/C15H13NO2/c16-15(13-4-2-1-3-5-13)11-18-14-8-6-12(10-17)7-9-14/h1-10,16H,11H2. The Morgan fingerprint density at radius 3 is 2.33 bits per heavy atom. The fourth-order valence-corrected chi connectivity index (χ4v) is 1.52. The normalized spacial score (nSPS) is 9.78. The molecule has 0 fully saturated rings. The van der Waals surface area contributed by atoms with Crippen molar-refractivity contribution < 1.29 is 9.53 Å². The number of nitrogens with one attached hydrogen (secondary N) is 1. The minimum Gasteiger partial charge on any atom is -0.487 e. The van der Waals surface area contributed by atoms with Crippen LogP contribution in [0.15, 0.2) is 54.6 Å². The van der Waals surface area contributed by atoms with E-state index in [2.05, 4.69) is 0 Å². The van der Waals surface area contributed by atoms with E-state index in [1.165, 1.54) is 0 Å². The number of hydrogen-bond acceptors (Lipinski definition) is 3. The lowest BCUT2D eigenvalue weighted by Gasteiger charge is -2.07. The van der Waals surface area contributed by atoms with Crippen LogP contribution >= 0.6 is 0 Å². The quantitative estimate of drug-likeness (QED) is 0.644. The van der Waals surface area contributed by atoms with E-state index in [4.69, 9.17) is 10.1 Å². The number of aldehydes is 1. The molecule has 0 aromatic heterocycles. The molecule has 0 heterocycles. The van der Waals surface area contributed by atoms with Crippen LogP contribution in [0.1, 0.15) is 15.9 Å². The SMILES string of the molecule is N=C(COc1ccc(C=O)cc1)c1ccccc1. The Kier molecular flexibility index (Phi) is 3.86. The Hall–Kier alpha value is -2.42. The molecule has 0 saturated heterocycles. The van der Waals surface area contributed by atoms with Gasteiger partial charge in [0.15, 0.2) is 0 Å². The molecule has 0 atom stereocenters. The van der Waals surface area contributed by atoms with Gasteiger partial charge >= 0.3 is 0 Å².